The molecule has 3 heteroatoms. The van der Waals surface area contributed by atoms with Gasteiger partial charge < -0.3 is 4.42 Å². The zero-order chi connectivity index (χ0) is 10.8. The van der Waals surface area contributed by atoms with Gasteiger partial charge in [-0.25, -0.2) is 0 Å². The normalized spacial score (nSPS) is 10.8. The van der Waals surface area contributed by atoms with Gasteiger partial charge in [0.25, 0.3) is 0 Å². The van der Waals surface area contributed by atoms with Crippen LogP contribution in [0.3, 0.4) is 0 Å². The summed E-state index contributed by atoms with van der Waals surface area (Å²) in [6.45, 7) is 2.05. The van der Waals surface area contributed by atoms with E-state index in [1.165, 1.54) is 0 Å². The molecule has 2 nitrogen and oxygen atoms in total. The van der Waals surface area contributed by atoms with Crippen molar-refractivity contribution in [2.24, 2.45) is 0 Å². The lowest BCUT2D eigenvalue weighted by Crippen LogP contribution is -2.08. The summed E-state index contributed by atoms with van der Waals surface area (Å²) in [6, 6.07) is 5.47. The number of halogens is 1. The van der Waals surface area contributed by atoms with Crippen molar-refractivity contribution in [3.05, 3.63) is 44.7 Å². The number of hydrogen-bond acceptors (Lipinski definition) is 2. The van der Waals surface area contributed by atoms with E-state index < -0.39 is 0 Å². The van der Waals surface area contributed by atoms with Crippen LogP contribution in [0.15, 0.2) is 38.1 Å². The molecule has 1 heterocycles. The van der Waals surface area contributed by atoms with Crippen molar-refractivity contribution < 1.29 is 4.42 Å². The first-order chi connectivity index (χ1) is 7.22. The van der Waals surface area contributed by atoms with Crippen LogP contribution in [0.25, 0.3) is 11.0 Å². The van der Waals surface area contributed by atoms with Crippen molar-refractivity contribution in [1.82, 2.24) is 0 Å². The standard InChI is InChI=1S/C12H11BrO2/c1-2-3-8-7-15-11-5-4-9(13)6-10(11)12(8)14/h4-7H,2-3H2,1H3. The number of fused-ring (bicyclic) bond motifs is 1. The summed E-state index contributed by atoms with van der Waals surface area (Å²) in [5.41, 5.74) is 1.48. The Balaban J connectivity index is 2.71. The number of hydrogen-bond donors (Lipinski definition) is 0. The average Bonchev–Trinajstić information content (AvgIpc) is 2.23. The van der Waals surface area contributed by atoms with Crippen LogP contribution >= 0.6 is 15.9 Å². The largest absolute Gasteiger partial charge is 0.464 e. The Hall–Kier alpha value is -1.09. The summed E-state index contributed by atoms with van der Waals surface area (Å²) in [5.74, 6) is 0. The smallest absolute Gasteiger partial charge is 0.195 e. The van der Waals surface area contributed by atoms with Crippen molar-refractivity contribution >= 4 is 26.9 Å². The van der Waals surface area contributed by atoms with E-state index >= 15 is 0 Å². The first kappa shape index (κ1) is 10.4. The topological polar surface area (TPSA) is 30.2 Å². The summed E-state index contributed by atoms with van der Waals surface area (Å²) in [7, 11) is 0. The minimum Gasteiger partial charge on any atom is -0.464 e. The van der Waals surface area contributed by atoms with Crippen LogP contribution in [0, 0.1) is 0 Å². The zero-order valence-electron chi connectivity index (χ0n) is 8.42. The third-order valence-electron chi connectivity index (χ3n) is 2.33. The highest BCUT2D eigenvalue weighted by Gasteiger charge is 2.06. The van der Waals surface area contributed by atoms with E-state index in [0.29, 0.717) is 11.0 Å². The third-order valence-corrected chi connectivity index (χ3v) is 2.82. The lowest BCUT2D eigenvalue weighted by molar-refractivity contribution is 0.591. The van der Waals surface area contributed by atoms with Crippen LogP contribution in [0.5, 0.6) is 0 Å². The van der Waals surface area contributed by atoms with Gasteiger partial charge in [-0.2, -0.15) is 0 Å². The van der Waals surface area contributed by atoms with E-state index in [9.17, 15) is 4.79 Å². The second-order valence-corrected chi connectivity index (χ2v) is 4.40. The summed E-state index contributed by atoms with van der Waals surface area (Å²) < 4.78 is 6.31. The Morgan fingerprint density at radius 1 is 1.40 bits per heavy atom. The summed E-state index contributed by atoms with van der Waals surface area (Å²) in [5, 5.41) is 0.648. The molecule has 0 aliphatic rings. The fourth-order valence-electron chi connectivity index (χ4n) is 1.59. The summed E-state index contributed by atoms with van der Waals surface area (Å²) >= 11 is 3.35. The quantitative estimate of drug-likeness (QED) is 0.833. The Labute approximate surface area is 96.0 Å². The van der Waals surface area contributed by atoms with Crippen LogP contribution in [0.2, 0.25) is 0 Å². The van der Waals surface area contributed by atoms with Gasteiger partial charge in [0.2, 0.25) is 0 Å². The highest BCUT2D eigenvalue weighted by Crippen LogP contribution is 2.17. The second kappa shape index (κ2) is 4.19. The van der Waals surface area contributed by atoms with Gasteiger partial charge in [-0.15, -0.1) is 0 Å². The molecular weight excluding hydrogens is 256 g/mol. The maximum atomic E-state index is 12.0. The predicted octanol–water partition coefficient (Wildman–Crippen LogP) is 3.51. The van der Waals surface area contributed by atoms with Gasteiger partial charge in [0.15, 0.2) is 5.43 Å². The molecule has 0 radical (unpaired) electrons. The molecule has 0 saturated heterocycles. The van der Waals surface area contributed by atoms with Gasteiger partial charge in [-0.05, 0) is 24.6 Å². The molecule has 0 N–H and O–H groups in total. The van der Waals surface area contributed by atoms with Gasteiger partial charge in [-0.3, -0.25) is 4.79 Å². The van der Waals surface area contributed by atoms with Gasteiger partial charge in [0, 0.05) is 10.0 Å². The molecular formula is C12H11BrO2. The number of benzene rings is 1. The maximum Gasteiger partial charge on any atom is 0.195 e. The molecule has 0 atom stereocenters. The zero-order valence-corrected chi connectivity index (χ0v) is 10.0. The molecule has 0 amide bonds. The molecule has 0 aliphatic heterocycles. The van der Waals surface area contributed by atoms with E-state index in [2.05, 4.69) is 15.9 Å². The van der Waals surface area contributed by atoms with Crippen LogP contribution in [0.4, 0.5) is 0 Å². The van der Waals surface area contributed by atoms with E-state index in [1.807, 2.05) is 13.0 Å². The molecule has 1 aromatic heterocycles. The molecule has 78 valence electrons. The van der Waals surface area contributed by atoms with Gasteiger partial charge in [0.1, 0.15) is 5.58 Å². The van der Waals surface area contributed by atoms with Crippen LogP contribution in [-0.2, 0) is 6.42 Å². The minimum atomic E-state index is 0.0828. The first-order valence-corrected chi connectivity index (χ1v) is 5.71. The van der Waals surface area contributed by atoms with Crippen molar-refractivity contribution in [2.75, 3.05) is 0 Å². The van der Waals surface area contributed by atoms with Crippen molar-refractivity contribution in [2.45, 2.75) is 19.8 Å². The lowest BCUT2D eigenvalue weighted by Gasteiger charge is -2.00. The maximum absolute atomic E-state index is 12.0. The average molecular weight is 267 g/mol. The monoisotopic (exact) mass is 266 g/mol. The molecule has 0 saturated carbocycles. The number of rotatable bonds is 2. The van der Waals surface area contributed by atoms with E-state index in [0.717, 1.165) is 22.9 Å². The Bertz CT molecular complexity index is 543. The molecule has 0 bridgehead atoms. The molecule has 0 unspecified atom stereocenters. The molecule has 0 spiro atoms. The highest BCUT2D eigenvalue weighted by molar-refractivity contribution is 9.10. The van der Waals surface area contributed by atoms with Gasteiger partial charge in [0.05, 0.1) is 11.6 Å². The summed E-state index contributed by atoms with van der Waals surface area (Å²) in [4.78, 5) is 12.0. The third kappa shape index (κ3) is 1.97. The lowest BCUT2D eigenvalue weighted by atomic mass is 10.1. The first-order valence-electron chi connectivity index (χ1n) is 4.92. The fourth-order valence-corrected chi connectivity index (χ4v) is 1.95. The van der Waals surface area contributed by atoms with Gasteiger partial charge >= 0.3 is 0 Å². The van der Waals surface area contributed by atoms with Crippen LogP contribution in [0.1, 0.15) is 18.9 Å². The van der Waals surface area contributed by atoms with Crippen molar-refractivity contribution in [1.29, 1.82) is 0 Å². The van der Waals surface area contributed by atoms with Crippen molar-refractivity contribution in [3.63, 3.8) is 0 Å². The second-order valence-electron chi connectivity index (χ2n) is 3.48. The van der Waals surface area contributed by atoms with Gasteiger partial charge in [-0.1, -0.05) is 29.3 Å². The minimum absolute atomic E-state index is 0.0828. The molecule has 1 aromatic carbocycles. The highest BCUT2D eigenvalue weighted by atomic mass is 79.9. The SMILES string of the molecule is CCCc1coc2ccc(Br)cc2c1=O. The molecule has 15 heavy (non-hydrogen) atoms. The molecule has 2 rings (SSSR count). The Kier molecular flexibility index (Phi) is 2.91. The molecule has 0 fully saturated rings. The summed E-state index contributed by atoms with van der Waals surface area (Å²) in [6.07, 6.45) is 3.29. The van der Waals surface area contributed by atoms with Crippen LogP contribution < -0.4 is 5.43 Å². The number of aryl methyl sites for hydroxylation is 1. The molecule has 2 aromatic rings. The van der Waals surface area contributed by atoms with Crippen molar-refractivity contribution in [3.8, 4) is 0 Å². The Morgan fingerprint density at radius 3 is 2.93 bits per heavy atom. The van der Waals surface area contributed by atoms with Crippen LogP contribution in [-0.4, -0.2) is 0 Å². The Morgan fingerprint density at radius 2 is 2.20 bits per heavy atom. The molecule has 0 aliphatic carbocycles. The van der Waals surface area contributed by atoms with E-state index in [4.69, 9.17) is 4.42 Å². The fraction of sp³-hybridized carbons (Fsp3) is 0.250. The predicted molar refractivity (Wildman–Crippen MR) is 64.2 cm³/mol. The van der Waals surface area contributed by atoms with E-state index in [-0.39, 0.29) is 5.43 Å². The van der Waals surface area contributed by atoms with E-state index in [1.54, 1.807) is 18.4 Å².